The van der Waals surface area contributed by atoms with Gasteiger partial charge in [0.1, 0.15) is 17.2 Å². The second kappa shape index (κ2) is 5.72. The topological polar surface area (TPSA) is 76.9 Å². The second-order valence-electron chi connectivity index (χ2n) is 5.29. The Morgan fingerprint density at radius 1 is 1.60 bits per heavy atom. The maximum absolute atomic E-state index is 13.2. The van der Waals surface area contributed by atoms with E-state index in [0.29, 0.717) is 19.5 Å². The van der Waals surface area contributed by atoms with Crippen LogP contribution in [0.3, 0.4) is 0 Å². The summed E-state index contributed by atoms with van der Waals surface area (Å²) in [5.74, 6) is -1.70. The number of pyridine rings is 1. The van der Waals surface area contributed by atoms with Gasteiger partial charge < -0.3 is 20.0 Å². The predicted molar refractivity (Wildman–Crippen MR) is 71.5 cm³/mol. The molecule has 7 heteroatoms. The summed E-state index contributed by atoms with van der Waals surface area (Å²) in [5.41, 5.74) is -0.178. The third kappa shape index (κ3) is 3.05. The number of hydrogen-bond acceptors (Lipinski definition) is 5. The summed E-state index contributed by atoms with van der Waals surface area (Å²) < 4.78 is 13.2. The number of carbonyl (C=O) groups is 1. The lowest BCUT2D eigenvalue weighted by Gasteiger charge is -2.28. The summed E-state index contributed by atoms with van der Waals surface area (Å²) in [5, 5.41) is 19.0. The van der Waals surface area contributed by atoms with Gasteiger partial charge in [0, 0.05) is 19.1 Å². The Hall–Kier alpha value is -1.73. The van der Waals surface area contributed by atoms with Crippen molar-refractivity contribution in [2.45, 2.75) is 18.6 Å². The van der Waals surface area contributed by atoms with Crippen LogP contribution in [0.1, 0.15) is 16.8 Å². The largest absolute Gasteiger partial charge is 0.478 e. The van der Waals surface area contributed by atoms with Crippen LogP contribution in [0.4, 0.5) is 10.2 Å². The molecule has 6 nitrogen and oxygen atoms in total. The quantitative estimate of drug-likeness (QED) is 0.834. The highest BCUT2D eigenvalue weighted by Gasteiger charge is 2.34. The number of aliphatic hydroxyl groups is 1. The molecule has 1 saturated heterocycles. The van der Waals surface area contributed by atoms with Crippen molar-refractivity contribution in [1.82, 2.24) is 9.88 Å². The smallest absolute Gasteiger partial charge is 0.339 e. The number of carboxylic acid groups (broad SMARTS) is 1. The van der Waals surface area contributed by atoms with Crippen LogP contribution < -0.4 is 4.90 Å². The molecule has 0 aromatic carbocycles. The fraction of sp³-hybridized carbons (Fsp3) is 0.538. The fourth-order valence-corrected chi connectivity index (χ4v) is 2.56. The molecule has 2 rings (SSSR count). The van der Waals surface area contributed by atoms with Gasteiger partial charge in [-0.2, -0.15) is 0 Å². The molecule has 1 aliphatic rings. The van der Waals surface area contributed by atoms with E-state index in [4.69, 9.17) is 0 Å². The number of aliphatic hydroxyl groups excluding tert-OH is 1. The standard InChI is InChI=1S/C13H18FN3O3/c1-16(2)6-9-4-10(18)7-17(9)12-11(13(19)20)3-8(14)5-15-12/h3,5,9-10,18H,4,6-7H2,1-2H3,(H,19,20). The molecule has 2 atom stereocenters. The van der Waals surface area contributed by atoms with Gasteiger partial charge in [-0.15, -0.1) is 0 Å². The number of halogens is 1. The molecule has 0 amide bonds. The Morgan fingerprint density at radius 3 is 2.90 bits per heavy atom. The van der Waals surface area contributed by atoms with Gasteiger partial charge in [-0.1, -0.05) is 0 Å². The van der Waals surface area contributed by atoms with Gasteiger partial charge >= 0.3 is 5.97 Å². The Kier molecular flexibility index (Phi) is 4.20. The van der Waals surface area contributed by atoms with E-state index in [1.807, 2.05) is 19.0 Å². The number of aromatic carboxylic acids is 1. The van der Waals surface area contributed by atoms with Gasteiger partial charge in [-0.25, -0.2) is 14.2 Å². The van der Waals surface area contributed by atoms with Crippen LogP contribution in [0, 0.1) is 5.82 Å². The predicted octanol–water partition coefficient (Wildman–Crippen LogP) is 0.420. The minimum Gasteiger partial charge on any atom is -0.478 e. The van der Waals surface area contributed by atoms with E-state index < -0.39 is 17.9 Å². The molecule has 0 radical (unpaired) electrons. The molecule has 0 bridgehead atoms. The van der Waals surface area contributed by atoms with E-state index in [-0.39, 0.29) is 17.4 Å². The highest BCUT2D eigenvalue weighted by atomic mass is 19.1. The lowest BCUT2D eigenvalue weighted by atomic mass is 10.1. The maximum Gasteiger partial charge on any atom is 0.339 e. The molecule has 1 fully saturated rings. The summed E-state index contributed by atoms with van der Waals surface area (Å²) in [6, 6.07) is 0.915. The Labute approximate surface area is 116 Å². The number of aromatic nitrogens is 1. The zero-order valence-corrected chi connectivity index (χ0v) is 11.5. The third-order valence-electron chi connectivity index (χ3n) is 3.30. The van der Waals surface area contributed by atoms with Gasteiger partial charge in [-0.05, 0) is 26.6 Å². The zero-order chi connectivity index (χ0) is 14.9. The van der Waals surface area contributed by atoms with Crippen LogP contribution in [-0.4, -0.2) is 65.4 Å². The van der Waals surface area contributed by atoms with Crippen LogP contribution in [0.15, 0.2) is 12.3 Å². The molecular weight excluding hydrogens is 265 g/mol. The molecule has 1 aromatic heterocycles. The van der Waals surface area contributed by atoms with Gasteiger partial charge in [0.2, 0.25) is 0 Å². The number of rotatable bonds is 4. The normalized spacial score (nSPS) is 22.6. The molecule has 1 aliphatic heterocycles. The first-order valence-electron chi connectivity index (χ1n) is 6.36. The molecule has 2 unspecified atom stereocenters. The Morgan fingerprint density at radius 2 is 2.30 bits per heavy atom. The van der Waals surface area contributed by atoms with Gasteiger partial charge in [-0.3, -0.25) is 0 Å². The minimum atomic E-state index is -1.23. The highest BCUT2D eigenvalue weighted by molar-refractivity contribution is 5.93. The molecule has 2 heterocycles. The summed E-state index contributed by atoms with van der Waals surface area (Å²) in [7, 11) is 3.80. The zero-order valence-electron chi connectivity index (χ0n) is 11.5. The first-order valence-corrected chi connectivity index (χ1v) is 6.36. The van der Waals surface area contributed by atoms with Gasteiger partial charge in [0.05, 0.1) is 12.3 Å². The lowest BCUT2D eigenvalue weighted by molar-refractivity contribution is 0.0696. The fourth-order valence-electron chi connectivity index (χ4n) is 2.56. The summed E-state index contributed by atoms with van der Waals surface area (Å²) in [4.78, 5) is 18.9. The number of nitrogens with zero attached hydrogens (tertiary/aromatic N) is 3. The summed E-state index contributed by atoms with van der Waals surface area (Å²) >= 11 is 0. The SMILES string of the molecule is CN(C)CC1CC(O)CN1c1ncc(F)cc1C(=O)O. The van der Waals surface area contributed by atoms with E-state index in [0.717, 1.165) is 12.3 Å². The second-order valence-corrected chi connectivity index (χ2v) is 5.29. The molecule has 2 N–H and O–H groups in total. The minimum absolute atomic E-state index is 0.0453. The van der Waals surface area contributed by atoms with Crippen molar-refractivity contribution in [3.05, 3.63) is 23.6 Å². The lowest BCUT2D eigenvalue weighted by Crippen LogP contribution is -2.38. The Bertz CT molecular complexity index is 510. The number of likely N-dealkylation sites (N-methyl/N-ethyl adjacent to an activating group) is 1. The van der Waals surface area contributed by atoms with E-state index >= 15 is 0 Å². The van der Waals surface area contributed by atoms with Crippen LogP contribution in [-0.2, 0) is 0 Å². The molecule has 0 spiro atoms. The summed E-state index contributed by atoms with van der Waals surface area (Å²) in [6.07, 6.45) is 1.00. The van der Waals surface area contributed by atoms with E-state index in [9.17, 15) is 19.4 Å². The van der Waals surface area contributed by atoms with Crippen molar-refractivity contribution < 1.29 is 19.4 Å². The van der Waals surface area contributed by atoms with Crippen LogP contribution in [0.5, 0.6) is 0 Å². The number of carboxylic acids is 1. The summed E-state index contributed by atoms with van der Waals surface area (Å²) in [6.45, 7) is 0.965. The molecule has 20 heavy (non-hydrogen) atoms. The average Bonchev–Trinajstić information content (AvgIpc) is 2.69. The molecule has 110 valence electrons. The van der Waals surface area contributed by atoms with Crippen molar-refractivity contribution in [1.29, 1.82) is 0 Å². The van der Waals surface area contributed by atoms with E-state index in [1.165, 1.54) is 0 Å². The first kappa shape index (κ1) is 14.7. The van der Waals surface area contributed by atoms with E-state index in [2.05, 4.69) is 4.98 Å². The van der Waals surface area contributed by atoms with Crippen molar-refractivity contribution >= 4 is 11.8 Å². The van der Waals surface area contributed by atoms with Gasteiger partial charge in [0.25, 0.3) is 0 Å². The average molecular weight is 283 g/mol. The molecule has 1 aromatic rings. The highest BCUT2D eigenvalue weighted by Crippen LogP contribution is 2.28. The molecule has 0 aliphatic carbocycles. The van der Waals surface area contributed by atoms with Crippen LogP contribution in [0.25, 0.3) is 0 Å². The maximum atomic E-state index is 13.2. The first-order chi connectivity index (χ1) is 9.38. The molecular formula is C13H18FN3O3. The van der Waals surface area contributed by atoms with Crippen LogP contribution >= 0.6 is 0 Å². The Balaban J connectivity index is 2.36. The number of β-amino-alcohol motifs (C(OH)–C–C–N with tert-alkyl or cyclic N) is 1. The van der Waals surface area contributed by atoms with Crippen molar-refractivity contribution in [2.75, 3.05) is 32.1 Å². The number of hydrogen-bond donors (Lipinski definition) is 2. The van der Waals surface area contributed by atoms with E-state index in [1.54, 1.807) is 4.90 Å². The van der Waals surface area contributed by atoms with Gasteiger partial charge in [0.15, 0.2) is 0 Å². The van der Waals surface area contributed by atoms with Crippen molar-refractivity contribution in [2.24, 2.45) is 0 Å². The van der Waals surface area contributed by atoms with Crippen molar-refractivity contribution in [3.8, 4) is 0 Å². The monoisotopic (exact) mass is 283 g/mol. The third-order valence-corrected chi connectivity index (χ3v) is 3.30. The van der Waals surface area contributed by atoms with Crippen LogP contribution in [0.2, 0.25) is 0 Å². The van der Waals surface area contributed by atoms with Crippen molar-refractivity contribution in [3.63, 3.8) is 0 Å². The number of anilines is 1. The molecule has 0 saturated carbocycles.